The highest BCUT2D eigenvalue weighted by Crippen LogP contribution is 2.15. The summed E-state index contributed by atoms with van der Waals surface area (Å²) in [6, 6.07) is 10.7. The summed E-state index contributed by atoms with van der Waals surface area (Å²) in [6.45, 7) is 0.530. The van der Waals surface area contributed by atoms with Gasteiger partial charge in [0.25, 0.3) is 0 Å². The molecule has 7 nitrogen and oxygen atoms in total. The number of halogens is 1. The number of carboxylic acid groups (broad SMARTS) is 1. The lowest BCUT2D eigenvalue weighted by Crippen LogP contribution is -2.23. The summed E-state index contributed by atoms with van der Waals surface area (Å²) in [4.78, 5) is 18.5. The first-order chi connectivity index (χ1) is 11.0. The summed E-state index contributed by atoms with van der Waals surface area (Å²) in [5, 5.41) is 18.1. The molecule has 0 aliphatic heterocycles. The number of hydrogen-bond acceptors (Lipinski definition) is 6. The van der Waals surface area contributed by atoms with Crippen molar-refractivity contribution >= 4 is 17.6 Å². The fourth-order valence-electron chi connectivity index (χ4n) is 1.69. The van der Waals surface area contributed by atoms with Gasteiger partial charge in [-0.1, -0.05) is 29.8 Å². The third kappa shape index (κ3) is 5.72. The van der Waals surface area contributed by atoms with E-state index in [1.807, 2.05) is 30.3 Å². The van der Waals surface area contributed by atoms with E-state index in [0.717, 1.165) is 5.75 Å². The molecule has 1 unspecified atom stereocenters. The maximum absolute atomic E-state index is 10.6. The van der Waals surface area contributed by atoms with Crippen molar-refractivity contribution in [2.75, 3.05) is 13.2 Å². The van der Waals surface area contributed by atoms with Gasteiger partial charge in [-0.25, -0.2) is 9.78 Å². The van der Waals surface area contributed by atoms with E-state index in [9.17, 15) is 9.90 Å². The van der Waals surface area contributed by atoms with Gasteiger partial charge in [-0.05, 0) is 12.1 Å². The van der Waals surface area contributed by atoms with Crippen molar-refractivity contribution in [3.63, 3.8) is 0 Å². The first-order valence-corrected chi connectivity index (χ1v) is 7.17. The van der Waals surface area contributed by atoms with Gasteiger partial charge < -0.3 is 19.7 Å². The summed E-state index contributed by atoms with van der Waals surface area (Å²) in [5.41, 5.74) is 0. The van der Waals surface area contributed by atoms with Crippen molar-refractivity contribution < 1.29 is 24.5 Å². The monoisotopic (exact) mass is 338 g/mol. The molecule has 0 amide bonds. The molecule has 0 saturated heterocycles. The Labute approximate surface area is 137 Å². The molecule has 0 radical (unpaired) electrons. The Morgan fingerprint density at radius 3 is 2.57 bits per heavy atom. The number of para-hydroxylation sites is 1. The van der Waals surface area contributed by atoms with Crippen molar-refractivity contribution in [1.82, 2.24) is 9.97 Å². The maximum atomic E-state index is 10.6. The Morgan fingerprint density at radius 2 is 1.87 bits per heavy atom. The number of aromatic nitrogens is 2. The normalized spacial score (nSPS) is 11.7. The lowest BCUT2D eigenvalue weighted by atomic mass is 10.2. The Bertz CT molecular complexity index is 654. The van der Waals surface area contributed by atoms with Crippen molar-refractivity contribution in [1.29, 1.82) is 0 Å². The van der Waals surface area contributed by atoms with Gasteiger partial charge in [0.1, 0.15) is 29.9 Å². The van der Waals surface area contributed by atoms with E-state index in [1.54, 1.807) is 0 Å². The Kier molecular flexibility index (Phi) is 6.13. The number of aliphatic hydroxyl groups is 1. The molecule has 2 rings (SSSR count). The Hall–Kier alpha value is -2.38. The number of aliphatic carboxylic acids is 1. The first-order valence-electron chi connectivity index (χ1n) is 6.79. The minimum absolute atomic E-state index is 0.0892. The van der Waals surface area contributed by atoms with Crippen LogP contribution in [0.3, 0.4) is 0 Å². The third-order valence-electron chi connectivity index (χ3n) is 2.72. The largest absolute Gasteiger partial charge is 0.490 e. The van der Waals surface area contributed by atoms with Gasteiger partial charge in [-0.15, -0.1) is 0 Å². The zero-order valence-electron chi connectivity index (χ0n) is 12.1. The van der Waals surface area contributed by atoms with Gasteiger partial charge in [0.15, 0.2) is 6.10 Å². The van der Waals surface area contributed by atoms with Crippen LogP contribution in [0.15, 0.2) is 36.4 Å². The highest BCUT2D eigenvalue weighted by molar-refractivity contribution is 6.29. The molecule has 1 atom stereocenters. The van der Waals surface area contributed by atoms with Crippen LogP contribution in [0, 0.1) is 0 Å². The number of hydrogen-bond donors (Lipinski definition) is 2. The van der Waals surface area contributed by atoms with Crippen LogP contribution in [0.1, 0.15) is 5.82 Å². The second-order valence-corrected chi connectivity index (χ2v) is 4.90. The molecule has 0 aliphatic rings. The minimum atomic E-state index is -1.59. The molecule has 0 spiro atoms. The molecule has 0 bridgehead atoms. The fourth-order valence-corrected chi connectivity index (χ4v) is 1.88. The molecule has 122 valence electrons. The van der Waals surface area contributed by atoms with Crippen LogP contribution >= 0.6 is 11.6 Å². The average Bonchev–Trinajstić information content (AvgIpc) is 2.52. The van der Waals surface area contributed by atoms with Crippen molar-refractivity contribution in [3.05, 3.63) is 47.4 Å². The van der Waals surface area contributed by atoms with E-state index < -0.39 is 12.1 Å². The lowest BCUT2D eigenvalue weighted by Gasteiger charge is -2.09. The fraction of sp³-hybridized carbons (Fsp3) is 0.267. The molecular weight excluding hydrogens is 324 g/mol. The highest BCUT2D eigenvalue weighted by atomic mass is 35.5. The smallest absolute Gasteiger partial charge is 0.332 e. The van der Waals surface area contributed by atoms with E-state index in [0.29, 0.717) is 6.61 Å². The number of nitrogens with zero attached hydrogens (tertiary/aromatic N) is 2. The van der Waals surface area contributed by atoms with Crippen molar-refractivity contribution in [2.24, 2.45) is 0 Å². The van der Waals surface area contributed by atoms with Gasteiger partial charge in [0, 0.05) is 12.5 Å². The molecule has 1 aromatic carbocycles. The summed E-state index contributed by atoms with van der Waals surface area (Å²) >= 11 is 5.83. The van der Waals surface area contributed by atoms with Crippen LogP contribution in [0.2, 0.25) is 5.15 Å². The molecule has 1 heterocycles. The summed E-state index contributed by atoms with van der Waals surface area (Å²) in [6.07, 6.45) is -1.85. The van der Waals surface area contributed by atoms with E-state index >= 15 is 0 Å². The van der Waals surface area contributed by atoms with Crippen molar-refractivity contribution in [3.8, 4) is 11.6 Å². The number of rotatable bonds is 8. The number of benzene rings is 1. The highest BCUT2D eigenvalue weighted by Gasteiger charge is 2.16. The van der Waals surface area contributed by atoms with Gasteiger partial charge in [-0.3, -0.25) is 0 Å². The van der Waals surface area contributed by atoms with Gasteiger partial charge in [0.05, 0.1) is 0 Å². The topological polar surface area (TPSA) is 102 Å². The zero-order chi connectivity index (χ0) is 16.7. The maximum Gasteiger partial charge on any atom is 0.332 e. The van der Waals surface area contributed by atoms with Crippen LogP contribution in [-0.4, -0.2) is 45.5 Å². The van der Waals surface area contributed by atoms with Crippen LogP contribution < -0.4 is 9.47 Å². The predicted octanol–water partition coefficient (Wildman–Crippen LogP) is 1.58. The van der Waals surface area contributed by atoms with Gasteiger partial charge in [-0.2, -0.15) is 4.98 Å². The molecule has 2 aromatic rings. The average molecular weight is 339 g/mol. The Balaban J connectivity index is 1.87. The molecular formula is C15H15ClN2O5. The summed E-state index contributed by atoms with van der Waals surface area (Å²) < 4.78 is 10.9. The van der Waals surface area contributed by atoms with E-state index in [1.165, 1.54) is 6.07 Å². The van der Waals surface area contributed by atoms with E-state index in [2.05, 4.69) is 9.97 Å². The number of carboxylic acids is 1. The molecule has 0 aliphatic carbocycles. The molecule has 2 N–H and O–H groups in total. The standard InChI is InChI=1S/C15H15ClN2O5/c16-12-9-14(18-13(17-12)8-11(19)15(20)21)23-7-6-22-10-4-2-1-3-5-10/h1-5,9,11,19H,6-8H2,(H,20,21). The van der Waals surface area contributed by atoms with Gasteiger partial charge in [0.2, 0.25) is 5.88 Å². The molecule has 23 heavy (non-hydrogen) atoms. The number of carbonyl (C=O) groups is 1. The number of ether oxygens (including phenoxy) is 2. The molecule has 1 aromatic heterocycles. The van der Waals surface area contributed by atoms with E-state index in [4.69, 9.17) is 26.2 Å². The summed E-state index contributed by atoms with van der Waals surface area (Å²) in [7, 11) is 0. The molecule has 0 saturated carbocycles. The molecule has 8 heteroatoms. The van der Waals surface area contributed by atoms with Crippen molar-refractivity contribution in [2.45, 2.75) is 12.5 Å². The third-order valence-corrected chi connectivity index (χ3v) is 2.92. The van der Waals surface area contributed by atoms with Gasteiger partial charge >= 0.3 is 5.97 Å². The SMILES string of the molecule is O=C(O)C(O)Cc1nc(Cl)cc(OCCOc2ccccc2)n1. The summed E-state index contributed by atoms with van der Waals surface area (Å²) in [5.74, 6) is -0.352. The predicted molar refractivity (Wildman–Crippen MR) is 81.8 cm³/mol. The first kappa shape index (κ1) is 17.0. The minimum Gasteiger partial charge on any atom is -0.490 e. The quantitative estimate of drug-likeness (QED) is 0.556. The second-order valence-electron chi connectivity index (χ2n) is 4.51. The van der Waals surface area contributed by atoms with Crippen LogP contribution in [0.25, 0.3) is 0 Å². The van der Waals surface area contributed by atoms with Crippen LogP contribution in [-0.2, 0) is 11.2 Å². The second kappa shape index (κ2) is 8.30. The zero-order valence-corrected chi connectivity index (χ0v) is 12.8. The Morgan fingerprint density at radius 1 is 1.17 bits per heavy atom. The van der Waals surface area contributed by atoms with Crippen LogP contribution in [0.5, 0.6) is 11.6 Å². The van der Waals surface area contributed by atoms with E-state index in [-0.39, 0.29) is 29.9 Å². The number of aliphatic hydroxyl groups excluding tert-OH is 1. The van der Waals surface area contributed by atoms with Crippen LogP contribution in [0.4, 0.5) is 0 Å². The lowest BCUT2D eigenvalue weighted by molar-refractivity contribution is -0.146. The molecule has 0 fully saturated rings.